The molecule has 0 aliphatic heterocycles. The summed E-state index contributed by atoms with van der Waals surface area (Å²) in [4.78, 5) is 8.42. The van der Waals surface area contributed by atoms with Crippen molar-refractivity contribution >= 4 is 17.3 Å². The highest BCUT2D eigenvalue weighted by Crippen LogP contribution is 2.18. The molecule has 0 unspecified atom stereocenters. The van der Waals surface area contributed by atoms with Crippen molar-refractivity contribution in [3.05, 3.63) is 77.6 Å². The Hall–Kier alpha value is -2.33. The van der Waals surface area contributed by atoms with E-state index in [1.54, 1.807) is 12.4 Å². The smallest absolute Gasteiger partial charge is 0.110 e. The third kappa shape index (κ3) is 3.65. The lowest BCUT2D eigenvalue weighted by atomic mass is 10.2. The second kappa shape index (κ2) is 7.09. The van der Waals surface area contributed by atoms with Gasteiger partial charge < -0.3 is 9.88 Å². The van der Waals surface area contributed by atoms with Gasteiger partial charge in [-0.15, -0.1) is 0 Å². The third-order valence-electron chi connectivity index (χ3n) is 3.43. The number of anilines is 1. The zero-order chi connectivity index (χ0) is 15.2. The molecule has 0 spiro atoms. The van der Waals surface area contributed by atoms with Gasteiger partial charge in [0.15, 0.2) is 0 Å². The van der Waals surface area contributed by atoms with Gasteiger partial charge in [-0.2, -0.15) is 0 Å². The summed E-state index contributed by atoms with van der Waals surface area (Å²) in [6.07, 6.45) is 8.06. The van der Waals surface area contributed by atoms with E-state index in [2.05, 4.69) is 44.1 Å². The number of aromatic nitrogens is 3. The Kier molecular flexibility index (Phi) is 4.71. The van der Waals surface area contributed by atoms with E-state index in [1.807, 2.05) is 24.5 Å². The number of benzene rings is 1. The van der Waals surface area contributed by atoms with Crippen LogP contribution in [0.1, 0.15) is 11.4 Å². The molecule has 3 rings (SSSR count). The summed E-state index contributed by atoms with van der Waals surface area (Å²) in [5.74, 6) is 1.06. The van der Waals surface area contributed by atoms with E-state index in [9.17, 15) is 0 Å². The van der Waals surface area contributed by atoms with E-state index in [0.717, 1.165) is 31.0 Å². The van der Waals surface area contributed by atoms with Crippen LogP contribution in [0.5, 0.6) is 0 Å². The van der Waals surface area contributed by atoms with E-state index in [1.165, 1.54) is 5.56 Å². The molecule has 0 aliphatic rings. The second-order valence-corrected chi connectivity index (χ2v) is 5.40. The molecular weight excluding hydrogens is 296 g/mol. The van der Waals surface area contributed by atoms with Crippen LogP contribution in [0.2, 0.25) is 5.02 Å². The lowest BCUT2D eigenvalue weighted by molar-refractivity contribution is 0.723. The first-order valence-corrected chi connectivity index (χ1v) is 7.58. The SMILES string of the molecule is Clc1cnccc1NCCc1nccn1Cc1ccccc1. The largest absolute Gasteiger partial charge is 0.383 e. The van der Waals surface area contributed by atoms with Crippen molar-refractivity contribution in [3.8, 4) is 0 Å². The predicted octanol–water partition coefficient (Wildman–Crippen LogP) is 3.63. The molecule has 4 nitrogen and oxygen atoms in total. The van der Waals surface area contributed by atoms with Crippen LogP contribution in [0.3, 0.4) is 0 Å². The quantitative estimate of drug-likeness (QED) is 0.755. The minimum absolute atomic E-state index is 0.634. The minimum atomic E-state index is 0.634. The molecule has 0 amide bonds. The number of hydrogen-bond acceptors (Lipinski definition) is 3. The fourth-order valence-electron chi connectivity index (χ4n) is 2.32. The molecule has 2 aromatic heterocycles. The molecule has 5 heteroatoms. The molecule has 22 heavy (non-hydrogen) atoms. The lowest BCUT2D eigenvalue weighted by Gasteiger charge is -2.10. The molecule has 0 saturated carbocycles. The van der Waals surface area contributed by atoms with Crippen LogP contribution in [-0.2, 0) is 13.0 Å². The molecule has 1 N–H and O–H groups in total. The molecule has 1 aromatic carbocycles. The molecule has 3 aromatic rings. The number of imidazole rings is 1. The first kappa shape index (κ1) is 14.6. The van der Waals surface area contributed by atoms with Crippen molar-refractivity contribution < 1.29 is 0 Å². The van der Waals surface area contributed by atoms with Gasteiger partial charge in [0.1, 0.15) is 5.82 Å². The van der Waals surface area contributed by atoms with E-state index in [-0.39, 0.29) is 0 Å². The van der Waals surface area contributed by atoms with Gasteiger partial charge in [0.25, 0.3) is 0 Å². The summed E-state index contributed by atoms with van der Waals surface area (Å²) >= 11 is 6.08. The summed E-state index contributed by atoms with van der Waals surface area (Å²) in [6, 6.07) is 12.3. The number of rotatable bonds is 6. The molecule has 2 heterocycles. The Bertz CT molecular complexity index is 724. The Labute approximate surface area is 134 Å². The highest BCUT2D eigenvalue weighted by atomic mass is 35.5. The van der Waals surface area contributed by atoms with Crippen LogP contribution >= 0.6 is 11.6 Å². The topological polar surface area (TPSA) is 42.7 Å². The Morgan fingerprint density at radius 2 is 1.95 bits per heavy atom. The number of hydrogen-bond donors (Lipinski definition) is 1. The van der Waals surface area contributed by atoms with Gasteiger partial charge >= 0.3 is 0 Å². The van der Waals surface area contributed by atoms with Crippen LogP contribution in [0.25, 0.3) is 0 Å². The standard InChI is InChI=1S/C17H17ClN4/c18-15-12-19-8-6-16(15)20-9-7-17-21-10-11-22(17)13-14-4-2-1-3-5-14/h1-6,8,10-12H,7,9,13H2,(H,19,20). The normalized spacial score (nSPS) is 10.6. The molecule has 0 aliphatic carbocycles. The summed E-state index contributed by atoms with van der Waals surface area (Å²) in [5.41, 5.74) is 2.17. The molecule has 0 saturated heterocycles. The number of halogens is 1. The molecule has 0 bridgehead atoms. The van der Waals surface area contributed by atoms with Gasteiger partial charge in [-0.3, -0.25) is 4.98 Å². The molecule has 112 valence electrons. The fraction of sp³-hybridized carbons (Fsp3) is 0.176. The first-order valence-electron chi connectivity index (χ1n) is 7.20. The number of nitrogens with zero attached hydrogens (tertiary/aromatic N) is 3. The zero-order valence-corrected chi connectivity index (χ0v) is 12.9. The molecule has 0 radical (unpaired) electrons. The highest BCUT2D eigenvalue weighted by molar-refractivity contribution is 6.33. The van der Waals surface area contributed by atoms with Gasteiger partial charge in [0.05, 0.1) is 10.7 Å². The molecular formula is C17H17ClN4. The van der Waals surface area contributed by atoms with E-state index in [4.69, 9.17) is 11.6 Å². The summed E-state index contributed by atoms with van der Waals surface area (Å²) < 4.78 is 2.17. The van der Waals surface area contributed by atoms with Crippen molar-refractivity contribution in [1.82, 2.24) is 14.5 Å². The van der Waals surface area contributed by atoms with Gasteiger partial charge in [-0.1, -0.05) is 41.9 Å². The Morgan fingerprint density at radius 3 is 2.77 bits per heavy atom. The summed E-state index contributed by atoms with van der Waals surface area (Å²) in [6.45, 7) is 1.61. The average molecular weight is 313 g/mol. The van der Waals surface area contributed by atoms with Crippen molar-refractivity contribution in [1.29, 1.82) is 0 Å². The average Bonchev–Trinajstić information content (AvgIpc) is 2.97. The van der Waals surface area contributed by atoms with Crippen LogP contribution < -0.4 is 5.32 Å². The van der Waals surface area contributed by atoms with Crippen molar-refractivity contribution in [2.75, 3.05) is 11.9 Å². The first-order chi connectivity index (χ1) is 10.8. The summed E-state index contributed by atoms with van der Waals surface area (Å²) in [7, 11) is 0. The number of nitrogens with one attached hydrogen (secondary N) is 1. The van der Waals surface area contributed by atoms with Gasteiger partial charge in [0, 0.05) is 44.3 Å². The van der Waals surface area contributed by atoms with Gasteiger partial charge in [-0.05, 0) is 11.6 Å². The summed E-state index contributed by atoms with van der Waals surface area (Å²) in [5, 5.41) is 3.95. The van der Waals surface area contributed by atoms with Crippen molar-refractivity contribution in [2.45, 2.75) is 13.0 Å². The monoisotopic (exact) mass is 312 g/mol. The maximum atomic E-state index is 6.08. The van der Waals surface area contributed by atoms with E-state index < -0.39 is 0 Å². The third-order valence-corrected chi connectivity index (χ3v) is 3.74. The minimum Gasteiger partial charge on any atom is -0.383 e. The Morgan fingerprint density at radius 1 is 1.09 bits per heavy atom. The predicted molar refractivity (Wildman–Crippen MR) is 89.2 cm³/mol. The van der Waals surface area contributed by atoms with Gasteiger partial charge in [0.2, 0.25) is 0 Å². The molecule has 0 fully saturated rings. The van der Waals surface area contributed by atoms with Crippen molar-refractivity contribution in [3.63, 3.8) is 0 Å². The Balaban J connectivity index is 1.60. The zero-order valence-electron chi connectivity index (χ0n) is 12.1. The number of pyridine rings is 1. The van der Waals surface area contributed by atoms with Crippen LogP contribution in [-0.4, -0.2) is 21.1 Å². The van der Waals surface area contributed by atoms with Crippen LogP contribution in [0, 0.1) is 0 Å². The second-order valence-electron chi connectivity index (χ2n) is 4.99. The van der Waals surface area contributed by atoms with Crippen molar-refractivity contribution in [2.24, 2.45) is 0 Å². The van der Waals surface area contributed by atoms with Crippen LogP contribution in [0.15, 0.2) is 61.2 Å². The molecule has 0 atom stereocenters. The fourth-order valence-corrected chi connectivity index (χ4v) is 2.51. The maximum Gasteiger partial charge on any atom is 0.110 e. The van der Waals surface area contributed by atoms with Crippen LogP contribution in [0.4, 0.5) is 5.69 Å². The van der Waals surface area contributed by atoms with Gasteiger partial charge in [-0.25, -0.2) is 4.98 Å². The lowest BCUT2D eigenvalue weighted by Crippen LogP contribution is -2.11. The van der Waals surface area contributed by atoms with E-state index >= 15 is 0 Å². The maximum absolute atomic E-state index is 6.08. The van der Waals surface area contributed by atoms with E-state index in [0.29, 0.717) is 5.02 Å². The highest BCUT2D eigenvalue weighted by Gasteiger charge is 2.04.